The zero-order valence-corrected chi connectivity index (χ0v) is 16.6. The third kappa shape index (κ3) is 4.27. The largest absolute Gasteiger partial charge is 0.373 e. The Kier molecular flexibility index (Phi) is 5.57. The van der Waals surface area contributed by atoms with Crippen molar-refractivity contribution in [2.24, 2.45) is 5.92 Å². The van der Waals surface area contributed by atoms with Crippen LogP contribution in [0.15, 0.2) is 35.7 Å². The molecule has 0 N–H and O–H groups in total. The highest BCUT2D eigenvalue weighted by Crippen LogP contribution is 2.30. The number of thiazole rings is 1. The van der Waals surface area contributed by atoms with Crippen LogP contribution < -0.4 is 4.90 Å². The summed E-state index contributed by atoms with van der Waals surface area (Å²) in [6, 6.07) is 10.5. The van der Waals surface area contributed by atoms with Crippen molar-refractivity contribution in [2.45, 2.75) is 38.9 Å². The lowest BCUT2D eigenvalue weighted by Crippen LogP contribution is -2.48. The van der Waals surface area contributed by atoms with E-state index in [2.05, 4.69) is 59.4 Å². The van der Waals surface area contributed by atoms with Gasteiger partial charge in [0.1, 0.15) is 0 Å². The molecule has 0 spiro atoms. The average Bonchev–Trinajstić information content (AvgIpc) is 3.12. The molecular formula is C21H29N3OS. The predicted molar refractivity (Wildman–Crippen MR) is 109 cm³/mol. The van der Waals surface area contributed by atoms with Gasteiger partial charge in [-0.05, 0) is 32.6 Å². The molecule has 4 rings (SSSR count). The SMILES string of the molecule is CC1CN(CC2CCN(c3nc(-c4ccccc4)cs3)CC2)CC(C)O1. The van der Waals surface area contributed by atoms with Gasteiger partial charge in [0.2, 0.25) is 0 Å². The number of aromatic nitrogens is 1. The van der Waals surface area contributed by atoms with Gasteiger partial charge in [-0.25, -0.2) is 4.98 Å². The van der Waals surface area contributed by atoms with Gasteiger partial charge in [-0.3, -0.25) is 4.90 Å². The fraction of sp³-hybridized carbons (Fsp3) is 0.571. The highest BCUT2D eigenvalue weighted by molar-refractivity contribution is 7.14. The summed E-state index contributed by atoms with van der Waals surface area (Å²) in [5.41, 5.74) is 2.31. The molecule has 2 unspecified atom stereocenters. The van der Waals surface area contributed by atoms with Crippen molar-refractivity contribution < 1.29 is 4.74 Å². The van der Waals surface area contributed by atoms with Crippen LogP contribution in [0, 0.1) is 5.92 Å². The smallest absolute Gasteiger partial charge is 0.185 e. The summed E-state index contributed by atoms with van der Waals surface area (Å²) in [5.74, 6) is 0.803. The van der Waals surface area contributed by atoms with Gasteiger partial charge in [0.25, 0.3) is 0 Å². The summed E-state index contributed by atoms with van der Waals surface area (Å²) in [4.78, 5) is 9.96. The Morgan fingerprint density at radius 2 is 1.77 bits per heavy atom. The van der Waals surface area contributed by atoms with Crippen LogP contribution in [0.3, 0.4) is 0 Å². The number of hydrogen-bond donors (Lipinski definition) is 0. The lowest BCUT2D eigenvalue weighted by molar-refractivity contribution is -0.0720. The standard InChI is InChI=1S/C21H29N3OS/c1-16-12-23(13-17(2)25-16)14-18-8-10-24(11-9-18)21-22-20(15-26-21)19-6-4-3-5-7-19/h3-7,15-18H,8-14H2,1-2H3. The molecule has 2 aliphatic rings. The van der Waals surface area contributed by atoms with Crippen LogP contribution in [-0.4, -0.2) is 54.8 Å². The highest BCUT2D eigenvalue weighted by Gasteiger charge is 2.27. The molecule has 3 heterocycles. The number of morpholine rings is 1. The first-order chi connectivity index (χ1) is 12.7. The minimum absolute atomic E-state index is 0.366. The minimum Gasteiger partial charge on any atom is -0.373 e. The first-order valence-corrected chi connectivity index (χ1v) is 10.7. The minimum atomic E-state index is 0.366. The van der Waals surface area contributed by atoms with Crippen LogP contribution in [0.5, 0.6) is 0 Å². The van der Waals surface area contributed by atoms with Crippen molar-refractivity contribution in [1.29, 1.82) is 0 Å². The topological polar surface area (TPSA) is 28.6 Å². The van der Waals surface area contributed by atoms with E-state index in [1.54, 1.807) is 11.3 Å². The zero-order valence-electron chi connectivity index (χ0n) is 15.8. The molecule has 0 saturated carbocycles. The molecule has 2 aromatic rings. The van der Waals surface area contributed by atoms with Crippen LogP contribution in [0.25, 0.3) is 11.3 Å². The molecule has 4 nitrogen and oxygen atoms in total. The molecule has 2 atom stereocenters. The first kappa shape index (κ1) is 18.0. The molecule has 2 saturated heterocycles. The van der Waals surface area contributed by atoms with Crippen molar-refractivity contribution in [2.75, 3.05) is 37.6 Å². The molecular weight excluding hydrogens is 342 g/mol. The van der Waals surface area contributed by atoms with Crippen molar-refractivity contribution >= 4 is 16.5 Å². The molecule has 0 amide bonds. The maximum Gasteiger partial charge on any atom is 0.185 e. The molecule has 26 heavy (non-hydrogen) atoms. The molecule has 5 heteroatoms. The number of ether oxygens (including phenoxy) is 1. The number of benzene rings is 1. The van der Waals surface area contributed by atoms with E-state index >= 15 is 0 Å². The molecule has 1 aromatic heterocycles. The van der Waals surface area contributed by atoms with E-state index in [0.29, 0.717) is 12.2 Å². The fourth-order valence-corrected chi connectivity index (χ4v) is 5.14. The van der Waals surface area contributed by atoms with Gasteiger partial charge in [0, 0.05) is 43.7 Å². The second-order valence-corrected chi connectivity index (χ2v) is 8.62. The van der Waals surface area contributed by atoms with E-state index in [0.717, 1.165) is 37.8 Å². The lowest BCUT2D eigenvalue weighted by Gasteiger charge is -2.39. The number of rotatable bonds is 4. The van der Waals surface area contributed by atoms with Crippen molar-refractivity contribution in [3.8, 4) is 11.3 Å². The summed E-state index contributed by atoms with van der Waals surface area (Å²) < 4.78 is 5.86. The van der Waals surface area contributed by atoms with Crippen molar-refractivity contribution in [1.82, 2.24) is 9.88 Å². The molecule has 1 aromatic carbocycles. The second kappa shape index (κ2) is 8.07. The molecule has 2 aliphatic heterocycles. The van der Waals surface area contributed by atoms with Gasteiger partial charge in [-0.15, -0.1) is 11.3 Å². The lowest BCUT2D eigenvalue weighted by atomic mass is 9.96. The van der Waals surface area contributed by atoms with Gasteiger partial charge in [-0.1, -0.05) is 30.3 Å². The van der Waals surface area contributed by atoms with E-state index in [1.807, 2.05) is 0 Å². The molecule has 0 aliphatic carbocycles. The van der Waals surface area contributed by atoms with Crippen LogP contribution >= 0.6 is 11.3 Å². The van der Waals surface area contributed by atoms with E-state index < -0.39 is 0 Å². The Morgan fingerprint density at radius 1 is 1.08 bits per heavy atom. The fourth-order valence-electron chi connectivity index (χ4n) is 4.26. The van der Waals surface area contributed by atoms with Gasteiger partial charge in [-0.2, -0.15) is 0 Å². The van der Waals surface area contributed by atoms with Crippen molar-refractivity contribution in [3.05, 3.63) is 35.7 Å². The summed E-state index contributed by atoms with van der Waals surface area (Å²) in [7, 11) is 0. The number of piperidine rings is 1. The summed E-state index contributed by atoms with van der Waals surface area (Å²) in [6.45, 7) is 10.0. The number of anilines is 1. The summed E-state index contributed by atoms with van der Waals surface area (Å²) >= 11 is 1.78. The van der Waals surface area contributed by atoms with Gasteiger partial charge < -0.3 is 9.64 Å². The Balaban J connectivity index is 1.31. The monoisotopic (exact) mass is 371 g/mol. The van der Waals surface area contributed by atoms with Crippen LogP contribution in [-0.2, 0) is 4.74 Å². The molecule has 2 fully saturated rings. The molecule has 0 bridgehead atoms. The van der Waals surface area contributed by atoms with E-state index in [9.17, 15) is 0 Å². The zero-order chi connectivity index (χ0) is 17.9. The maximum absolute atomic E-state index is 5.86. The number of nitrogens with zero attached hydrogens (tertiary/aromatic N) is 3. The molecule has 140 valence electrons. The second-order valence-electron chi connectivity index (χ2n) is 7.79. The van der Waals surface area contributed by atoms with Crippen LogP contribution in [0.1, 0.15) is 26.7 Å². The van der Waals surface area contributed by atoms with Gasteiger partial charge in [0.15, 0.2) is 5.13 Å². The average molecular weight is 372 g/mol. The Labute approximate surface area is 160 Å². The maximum atomic E-state index is 5.86. The van der Waals surface area contributed by atoms with Crippen LogP contribution in [0.2, 0.25) is 0 Å². The van der Waals surface area contributed by atoms with E-state index in [4.69, 9.17) is 9.72 Å². The normalized spacial score (nSPS) is 25.5. The van der Waals surface area contributed by atoms with Crippen molar-refractivity contribution in [3.63, 3.8) is 0 Å². The van der Waals surface area contributed by atoms with E-state index in [1.165, 1.54) is 30.1 Å². The quantitative estimate of drug-likeness (QED) is 0.808. The van der Waals surface area contributed by atoms with Gasteiger partial charge in [0.05, 0.1) is 17.9 Å². The Hall–Kier alpha value is -1.43. The van der Waals surface area contributed by atoms with Gasteiger partial charge >= 0.3 is 0 Å². The Bertz CT molecular complexity index is 686. The van der Waals surface area contributed by atoms with E-state index in [-0.39, 0.29) is 0 Å². The first-order valence-electron chi connectivity index (χ1n) is 9.81. The Morgan fingerprint density at radius 3 is 2.46 bits per heavy atom. The summed E-state index contributed by atoms with van der Waals surface area (Å²) in [6.07, 6.45) is 3.26. The highest BCUT2D eigenvalue weighted by atomic mass is 32.1. The third-order valence-corrected chi connectivity index (χ3v) is 6.36. The molecule has 0 radical (unpaired) electrons. The summed E-state index contributed by atoms with van der Waals surface area (Å²) in [5, 5.41) is 3.36. The third-order valence-electron chi connectivity index (χ3n) is 5.46. The number of hydrogen-bond acceptors (Lipinski definition) is 5. The predicted octanol–water partition coefficient (Wildman–Crippen LogP) is 4.14. The van der Waals surface area contributed by atoms with Crippen LogP contribution in [0.4, 0.5) is 5.13 Å².